The lowest BCUT2D eigenvalue weighted by Gasteiger charge is -2.38. The lowest BCUT2D eigenvalue weighted by atomic mass is 9.97. The van der Waals surface area contributed by atoms with Crippen LogP contribution in [0.4, 0.5) is 4.79 Å². The van der Waals surface area contributed by atoms with Gasteiger partial charge in [-0.25, -0.2) is 4.79 Å². The van der Waals surface area contributed by atoms with Crippen molar-refractivity contribution in [3.8, 4) is 0 Å². The van der Waals surface area contributed by atoms with Crippen molar-refractivity contribution in [2.45, 2.75) is 43.0 Å². The molecule has 1 aromatic heterocycles. The summed E-state index contributed by atoms with van der Waals surface area (Å²) in [5, 5.41) is 0. The number of carbonyl (C=O) groups is 2. The predicted octanol–water partition coefficient (Wildman–Crippen LogP) is 3.55. The first kappa shape index (κ1) is 17.6. The average Bonchev–Trinajstić information content (AvgIpc) is 3.21. The van der Waals surface area contributed by atoms with E-state index in [0.29, 0.717) is 25.6 Å². The average molecular weight is 369 g/mol. The number of rotatable bonds is 4. The number of ether oxygens (including phenoxy) is 1. The highest BCUT2D eigenvalue weighted by molar-refractivity contribution is 8.00. The lowest BCUT2D eigenvalue weighted by molar-refractivity contribution is 0.0624. The second kappa shape index (κ2) is 7.35. The van der Waals surface area contributed by atoms with Gasteiger partial charge in [0.15, 0.2) is 0 Å². The van der Waals surface area contributed by atoms with Crippen LogP contribution in [-0.2, 0) is 4.74 Å². The minimum atomic E-state index is -0.193. The van der Waals surface area contributed by atoms with Gasteiger partial charge in [-0.2, -0.15) is 0 Å². The molecular weight excluding hydrogens is 344 g/mol. The number of nitrogens with zero attached hydrogens (tertiary/aromatic N) is 2. The molecule has 0 spiro atoms. The van der Waals surface area contributed by atoms with Gasteiger partial charge in [-0.05, 0) is 37.1 Å². The summed E-state index contributed by atoms with van der Waals surface area (Å²) in [5.41, 5.74) is 0. The Morgan fingerprint density at radius 1 is 1.33 bits per heavy atom. The van der Waals surface area contributed by atoms with E-state index in [2.05, 4.69) is 13.8 Å². The van der Waals surface area contributed by atoms with Gasteiger partial charge in [0.1, 0.15) is 6.61 Å². The molecule has 1 aromatic rings. The number of carbonyl (C=O) groups excluding carboxylic acids is 2. The van der Waals surface area contributed by atoms with Gasteiger partial charge >= 0.3 is 6.09 Å². The maximum atomic E-state index is 12.6. The monoisotopic (exact) mass is 368 g/mol. The Morgan fingerprint density at radius 3 is 2.62 bits per heavy atom. The Hall–Kier alpha value is -1.21. The van der Waals surface area contributed by atoms with Crippen molar-refractivity contribution in [1.29, 1.82) is 0 Å². The third-order valence-corrected chi connectivity index (χ3v) is 7.01. The SMILES string of the molecule is CSc1ccc(C(=O)N2CCC(N3C(=O)OCC3C(C)C)CC2)s1. The molecule has 0 N–H and O–H groups in total. The highest BCUT2D eigenvalue weighted by Gasteiger charge is 2.41. The van der Waals surface area contributed by atoms with Gasteiger partial charge in [-0.15, -0.1) is 23.1 Å². The fourth-order valence-corrected chi connectivity index (χ4v) is 4.94. The van der Waals surface area contributed by atoms with Crippen LogP contribution in [0.15, 0.2) is 16.3 Å². The van der Waals surface area contributed by atoms with Crippen molar-refractivity contribution in [2.24, 2.45) is 5.92 Å². The van der Waals surface area contributed by atoms with Crippen molar-refractivity contribution in [2.75, 3.05) is 26.0 Å². The molecular formula is C17H24N2O3S2. The molecule has 2 saturated heterocycles. The fraction of sp³-hybridized carbons (Fsp3) is 0.647. The molecule has 0 aromatic carbocycles. The molecule has 2 aliphatic heterocycles. The fourth-order valence-electron chi connectivity index (χ4n) is 3.43. The molecule has 0 radical (unpaired) electrons. The largest absolute Gasteiger partial charge is 0.447 e. The van der Waals surface area contributed by atoms with E-state index in [0.717, 1.165) is 21.9 Å². The first-order valence-corrected chi connectivity index (χ1v) is 10.4. The van der Waals surface area contributed by atoms with E-state index in [1.54, 1.807) is 23.1 Å². The maximum Gasteiger partial charge on any atom is 0.410 e. The molecule has 0 bridgehead atoms. The van der Waals surface area contributed by atoms with Crippen LogP contribution in [0.2, 0.25) is 0 Å². The number of cyclic esters (lactones) is 1. The van der Waals surface area contributed by atoms with E-state index in [-0.39, 0.29) is 24.1 Å². The molecule has 0 aliphatic carbocycles. The molecule has 5 nitrogen and oxygen atoms in total. The number of hydrogen-bond acceptors (Lipinski definition) is 5. The quantitative estimate of drug-likeness (QED) is 0.763. The summed E-state index contributed by atoms with van der Waals surface area (Å²) in [4.78, 5) is 29.3. The molecule has 2 aliphatic rings. The number of thioether (sulfide) groups is 1. The van der Waals surface area contributed by atoms with Crippen molar-refractivity contribution in [3.05, 3.63) is 17.0 Å². The van der Waals surface area contributed by atoms with Crippen LogP contribution in [0, 0.1) is 5.92 Å². The predicted molar refractivity (Wildman–Crippen MR) is 96.8 cm³/mol. The topological polar surface area (TPSA) is 49.9 Å². The zero-order chi connectivity index (χ0) is 17.3. The Bertz CT molecular complexity index is 609. The Kier molecular flexibility index (Phi) is 5.39. The van der Waals surface area contributed by atoms with E-state index in [9.17, 15) is 9.59 Å². The van der Waals surface area contributed by atoms with Crippen LogP contribution in [0.5, 0.6) is 0 Å². The number of thiophene rings is 1. The number of amides is 2. The van der Waals surface area contributed by atoms with E-state index >= 15 is 0 Å². The minimum absolute atomic E-state index is 0.114. The van der Waals surface area contributed by atoms with Crippen molar-refractivity contribution in [3.63, 3.8) is 0 Å². The highest BCUT2D eigenvalue weighted by Crippen LogP contribution is 2.30. The summed E-state index contributed by atoms with van der Waals surface area (Å²) in [6.07, 6.45) is 3.47. The standard InChI is InChI=1S/C17H24N2O3S2/c1-11(2)13-10-22-17(21)19(13)12-6-8-18(9-7-12)16(20)14-4-5-15(23-3)24-14/h4-5,11-13H,6-10H2,1-3H3. The second-order valence-electron chi connectivity index (χ2n) is 6.64. The smallest absolute Gasteiger partial charge is 0.410 e. The second-order valence-corrected chi connectivity index (χ2v) is 8.83. The zero-order valence-corrected chi connectivity index (χ0v) is 16.0. The molecule has 7 heteroatoms. The van der Waals surface area contributed by atoms with Crippen LogP contribution >= 0.6 is 23.1 Å². The third kappa shape index (κ3) is 3.42. The summed E-state index contributed by atoms with van der Waals surface area (Å²) in [6.45, 7) is 6.13. The molecule has 3 heterocycles. The van der Waals surface area contributed by atoms with Crippen molar-refractivity contribution >= 4 is 35.1 Å². The van der Waals surface area contributed by atoms with Gasteiger partial charge < -0.3 is 9.64 Å². The molecule has 1 atom stereocenters. The van der Waals surface area contributed by atoms with Gasteiger partial charge in [0.2, 0.25) is 0 Å². The van der Waals surface area contributed by atoms with Gasteiger partial charge in [-0.1, -0.05) is 13.8 Å². The maximum absolute atomic E-state index is 12.6. The normalized spacial score (nSPS) is 22.3. The summed E-state index contributed by atoms with van der Waals surface area (Å²) >= 11 is 3.22. The molecule has 132 valence electrons. The van der Waals surface area contributed by atoms with Crippen molar-refractivity contribution in [1.82, 2.24) is 9.80 Å². The Balaban J connectivity index is 1.61. The number of likely N-dealkylation sites (tertiary alicyclic amines) is 1. The van der Waals surface area contributed by atoms with Gasteiger partial charge in [-0.3, -0.25) is 9.69 Å². The van der Waals surface area contributed by atoms with E-state index in [1.165, 1.54) is 0 Å². The van der Waals surface area contributed by atoms with Gasteiger partial charge in [0, 0.05) is 19.1 Å². The van der Waals surface area contributed by atoms with E-state index in [1.807, 2.05) is 28.2 Å². The van der Waals surface area contributed by atoms with Crippen molar-refractivity contribution < 1.29 is 14.3 Å². The number of hydrogen-bond donors (Lipinski definition) is 0. The first-order chi connectivity index (χ1) is 11.5. The van der Waals surface area contributed by atoms with Crippen LogP contribution < -0.4 is 0 Å². The van der Waals surface area contributed by atoms with Crippen LogP contribution in [0.3, 0.4) is 0 Å². The summed E-state index contributed by atoms with van der Waals surface area (Å²) in [7, 11) is 0. The van der Waals surface area contributed by atoms with Crippen LogP contribution in [0.25, 0.3) is 0 Å². The lowest BCUT2D eigenvalue weighted by Crippen LogP contribution is -2.50. The highest BCUT2D eigenvalue weighted by atomic mass is 32.2. The molecule has 2 fully saturated rings. The molecule has 2 amide bonds. The van der Waals surface area contributed by atoms with Crippen LogP contribution in [0.1, 0.15) is 36.4 Å². The van der Waals surface area contributed by atoms with E-state index in [4.69, 9.17) is 4.74 Å². The zero-order valence-electron chi connectivity index (χ0n) is 14.4. The molecule has 24 heavy (non-hydrogen) atoms. The summed E-state index contributed by atoms with van der Waals surface area (Å²) in [6, 6.07) is 4.26. The molecule has 3 rings (SSSR count). The summed E-state index contributed by atoms with van der Waals surface area (Å²) < 4.78 is 6.42. The Morgan fingerprint density at radius 2 is 2.04 bits per heavy atom. The Labute approximate surface area is 151 Å². The minimum Gasteiger partial charge on any atom is -0.447 e. The molecule has 0 saturated carbocycles. The summed E-state index contributed by atoms with van der Waals surface area (Å²) in [5.74, 6) is 0.496. The third-order valence-electron chi connectivity index (χ3n) is 4.85. The van der Waals surface area contributed by atoms with Crippen LogP contribution in [-0.4, -0.2) is 59.8 Å². The van der Waals surface area contributed by atoms with Gasteiger partial charge in [0.05, 0.1) is 15.1 Å². The van der Waals surface area contributed by atoms with Gasteiger partial charge in [0.25, 0.3) is 5.91 Å². The molecule has 1 unspecified atom stereocenters. The first-order valence-electron chi connectivity index (χ1n) is 8.39. The number of piperidine rings is 1. The van der Waals surface area contributed by atoms with E-state index < -0.39 is 0 Å².